The van der Waals surface area contributed by atoms with Gasteiger partial charge in [-0.25, -0.2) is 4.98 Å². The number of rotatable bonds is 5. The van der Waals surface area contributed by atoms with Gasteiger partial charge in [-0.1, -0.05) is 13.3 Å². The number of hydrogen-bond donors (Lipinski definition) is 1. The lowest BCUT2D eigenvalue weighted by Crippen LogP contribution is -2.41. The van der Waals surface area contributed by atoms with Crippen molar-refractivity contribution in [1.29, 1.82) is 0 Å². The van der Waals surface area contributed by atoms with E-state index in [1.54, 1.807) is 6.20 Å². The Morgan fingerprint density at radius 2 is 2.30 bits per heavy atom. The Kier molecular flexibility index (Phi) is 4.35. The second-order valence-corrected chi connectivity index (χ2v) is 5.71. The van der Waals surface area contributed by atoms with E-state index < -0.39 is 0 Å². The Morgan fingerprint density at radius 1 is 1.35 bits per heavy atom. The quantitative estimate of drug-likeness (QED) is 0.894. The molecule has 0 radical (unpaired) electrons. The van der Waals surface area contributed by atoms with Gasteiger partial charge in [-0.3, -0.25) is 4.90 Å². The fourth-order valence-electron chi connectivity index (χ4n) is 3.28. The van der Waals surface area contributed by atoms with Gasteiger partial charge in [-0.2, -0.15) is 4.98 Å². The predicted molar refractivity (Wildman–Crippen MR) is 79.1 cm³/mol. The van der Waals surface area contributed by atoms with Gasteiger partial charge in [0.15, 0.2) is 0 Å². The minimum Gasteiger partial charge on any atom is -0.478 e. The first kappa shape index (κ1) is 13.6. The third-order valence-corrected chi connectivity index (χ3v) is 4.25. The summed E-state index contributed by atoms with van der Waals surface area (Å²) in [5.74, 6) is 1.37. The van der Waals surface area contributed by atoms with E-state index in [1.165, 1.54) is 38.8 Å². The molecule has 3 rings (SSSR count). The standard InChI is InChI=1S/C15H24N4O/c1-2-11-20-14-6-8-16-15(18-14)17-12-7-10-19-9-4-3-5-13(12)19/h6,8,12-13H,2-5,7,9-11H2,1H3,(H,16,17,18). The lowest BCUT2D eigenvalue weighted by Gasteiger charge is -2.32. The second-order valence-electron chi connectivity index (χ2n) is 5.71. The number of nitrogens with zero attached hydrogens (tertiary/aromatic N) is 3. The van der Waals surface area contributed by atoms with Crippen molar-refractivity contribution < 1.29 is 4.74 Å². The van der Waals surface area contributed by atoms with Crippen molar-refractivity contribution in [2.75, 3.05) is 25.0 Å². The second kappa shape index (κ2) is 6.39. The number of fused-ring (bicyclic) bond motifs is 1. The Morgan fingerprint density at radius 3 is 3.20 bits per heavy atom. The first-order valence-electron chi connectivity index (χ1n) is 7.83. The van der Waals surface area contributed by atoms with Gasteiger partial charge in [0.1, 0.15) is 0 Å². The SMILES string of the molecule is CCCOc1ccnc(NC2CCN3CCCCC23)n1. The van der Waals surface area contributed by atoms with E-state index in [2.05, 4.69) is 27.1 Å². The van der Waals surface area contributed by atoms with Crippen LogP contribution in [0.1, 0.15) is 39.0 Å². The predicted octanol–water partition coefficient (Wildman–Crippen LogP) is 2.30. The van der Waals surface area contributed by atoms with Gasteiger partial charge in [0.2, 0.25) is 11.8 Å². The third kappa shape index (κ3) is 3.03. The van der Waals surface area contributed by atoms with Crippen molar-refractivity contribution in [3.63, 3.8) is 0 Å². The van der Waals surface area contributed by atoms with Crippen LogP contribution in [0.3, 0.4) is 0 Å². The van der Waals surface area contributed by atoms with Crippen LogP contribution in [0.25, 0.3) is 0 Å². The zero-order valence-corrected chi connectivity index (χ0v) is 12.2. The normalized spacial score (nSPS) is 26.2. The molecule has 5 heteroatoms. The number of hydrogen-bond acceptors (Lipinski definition) is 5. The molecule has 110 valence electrons. The number of piperidine rings is 1. The molecule has 2 fully saturated rings. The van der Waals surface area contributed by atoms with E-state index in [4.69, 9.17) is 4.74 Å². The number of ether oxygens (including phenoxy) is 1. The summed E-state index contributed by atoms with van der Waals surface area (Å²) in [6.07, 6.45) is 7.94. The molecule has 0 aromatic carbocycles. The van der Waals surface area contributed by atoms with Crippen LogP contribution in [0.4, 0.5) is 5.95 Å². The Bertz CT molecular complexity index is 440. The molecule has 0 bridgehead atoms. The van der Waals surface area contributed by atoms with Crippen molar-refractivity contribution in [2.45, 2.75) is 51.1 Å². The van der Waals surface area contributed by atoms with Gasteiger partial charge in [0.25, 0.3) is 0 Å². The maximum atomic E-state index is 5.57. The van der Waals surface area contributed by atoms with E-state index in [1.807, 2.05) is 6.07 Å². The fraction of sp³-hybridized carbons (Fsp3) is 0.733. The van der Waals surface area contributed by atoms with Gasteiger partial charge < -0.3 is 10.1 Å². The first-order valence-corrected chi connectivity index (χ1v) is 7.83. The molecule has 3 heterocycles. The lowest BCUT2D eigenvalue weighted by atomic mass is 9.99. The summed E-state index contributed by atoms with van der Waals surface area (Å²) in [5.41, 5.74) is 0. The molecule has 2 atom stereocenters. The van der Waals surface area contributed by atoms with Crippen LogP contribution in [0.15, 0.2) is 12.3 Å². The van der Waals surface area contributed by atoms with Gasteiger partial charge in [0, 0.05) is 30.9 Å². The summed E-state index contributed by atoms with van der Waals surface area (Å²) in [7, 11) is 0. The average Bonchev–Trinajstić information content (AvgIpc) is 2.89. The van der Waals surface area contributed by atoms with Crippen LogP contribution >= 0.6 is 0 Å². The van der Waals surface area contributed by atoms with E-state index in [0.29, 0.717) is 30.5 Å². The van der Waals surface area contributed by atoms with Gasteiger partial charge in [-0.05, 0) is 32.2 Å². The topological polar surface area (TPSA) is 50.3 Å². The van der Waals surface area contributed by atoms with Crippen LogP contribution in [0.2, 0.25) is 0 Å². The summed E-state index contributed by atoms with van der Waals surface area (Å²) in [6.45, 7) is 5.25. The van der Waals surface area contributed by atoms with Crippen LogP contribution in [0, 0.1) is 0 Å². The monoisotopic (exact) mass is 276 g/mol. The third-order valence-electron chi connectivity index (χ3n) is 4.25. The molecule has 0 aliphatic carbocycles. The molecular weight excluding hydrogens is 252 g/mol. The van der Waals surface area contributed by atoms with Crippen LogP contribution in [-0.4, -0.2) is 46.6 Å². The van der Waals surface area contributed by atoms with Crippen LogP contribution in [-0.2, 0) is 0 Å². The maximum absolute atomic E-state index is 5.57. The molecule has 20 heavy (non-hydrogen) atoms. The fourth-order valence-corrected chi connectivity index (χ4v) is 3.28. The van der Waals surface area contributed by atoms with E-state index in [-0.39, 0.29) is 0 Å². The van der Waals surface area contributed by atoms with Gasteiger partial charge >= 0.3 is 0 Å². The molecule has 0 spiro atoms. The zero-order valence-electron chi connectivity index (χ0n) is 12.2. The molecule has 1 aromatic rings. The molecule has 2 aliphatic rings. The lowest BCUT2D eigenvalue weighted by molar-refractivity contribution is 0.192. The van der Waals surface area contributed by atoms with Gasteiger partial charge in [-0.15, -0.1) is 0 Å². The number of aromatic nitrogens is 2. The molecule has 1 aromatic heterocycles. The Hall–Kier alpha value is -1.36. The molecule has 5 nitrogen and oxygen atoms in total. The summed E-state index contributed by atoms with van der Waals surface area (Å²) in [5, 5.41) is 3.51. The summed E-state index contributed by atoms with van der Waals surface area (Å²) >= 11 is 0. The highest BCUT2D eigenvalue weighted by atomic mass is 16.5. The van der Waals surface area contributed by atoms with Crippen LogP contribution in [0.5, 0.6) is 5.88 Å². The zero-order chi connectivity index (χ0) is 13.8. The van der Waals surface area contributed by atoms with Crippen molar-refractivity contribution in [2.24, 2.45) is 0 Å². The highest BCUT2D eigenvalue weighted by Crippen LogP contribution is 2.28. The molecule has 2 unspecified atom stereocenters. The van der Waals surface area contributed by atoms with Crippen molar-refractivity contribution in [1.82, 2.24) is 14.9 Å². The molecule has 1 N–H and O–H groups in total. The largest absolute Gasteiger partial charge is 0.478 e. The summed E-state index contributed by atoms with van der Waals surface area (Å²) < 4.78 is 5.57. The number of anilines is 1. The maximum Gasteiger partial charge on any atom is 0.226 e. The first-order chi connectivity index (χ1) is 9.86. The van der Waals surface area contributed by atoms with Crippen molar-refractivity contribution in [3.05, 3.63) is 12.3 Å². The van der Waals surface area contributed by atoms with E-state index >= 15 is 0 Å². The van der Waals surface area contributed by atoms with E-state index in [0.717, 1.165) is 6.42 Å². The van der Waals surface area contributed by atoms with Gasteiger partial charge in [0.05, 0.1) is 6.61 Å². The van der Waals surface area contributed by atoms with Crippen molar-refractivity contribution >= 4 is 5.95 Å². The smallest absolute Gasteiger partial charge is 0.226 e. The van der Waals surface area contributed by atoms with Crippen molar-refractivity contribution in [3.8, 4) is 5.88 Å². The summed E-state index contributed by atoms with van der Waals surface area (Å²) in [4.78, 5) is 11.4. The minimum atomic E-state index is 0.483. The number of nitrogens with one attached hydrogen (secondary N) is 1. The molecule has 2 aliphatic heterocycles. The highest BCUT2D eigenvalue weighted by molar-refractivity contribution is 5.30. The summed E-state index contributed by atoms with van der Waals surface area (Å²) in [6, 6.07) is 2.96. The molecule has 2 saturated heterocycles. The molecule has 0 amide bonds. The Balaban J connectivity index is 1.62. The Labute approximate surface area is 120 Å². The highest BCUT2D eigenvalue weighted by Gasteiger charge is 2.35. The molecule has 0 saturated carbocycles. The minimum absolute atomic E-state index is 0.483. The molecular formula is C15H24N4O. The van der Waals surface area contributed by atoms with Crippen LogP contribution < -0.4 is 10.1 Å². The van der Waals surface area contributed by atoms with E-state index in [9.17, 15) is 0 Å². The average molecular weight is 276 g/mol.